The summed E-state index contributed by atoms with van der Waals surface area (Å²) < 4.78 is 0. The van der Waals surface area contributed by atoms with Gasteiger partial charge < -0.3 is 0 Å². The van der Waals surface area contributed by atoms with Crippen molar-refractivity contribution < 1.29 is 0 Å². The second-order valence-corrected chi connectivity index (χ2v) is 4.51. The van der Waals surface area contributed by atoms with Gasteiger partial charge in [-0.15, -0.1) is 0 Å². The van der Waals surface area contributed by atoms with Gasteiger partial charge in [-0.05, 0) is 36.1 Å². The summed E-state index contributed by atoms with van der Waals surface area (Å²) in [4.78, 5) is 0. The van der Waals surface area contributed by atoms with Crippen LogP contribution in [-0.4, -0.2) is 0 Å². The number of hydrogen-bond donors (Lipinski definition) is 0. The van der Waals surface area contributed by atoms with E-state index in [0.29, 0.717) is 0 Å². The zero-order chi connectivity index (χ0) is 13.7. The molecule has 1 rings (SSSR count). The summed E-state index contributed by atoms with van der Waals surface area (Å²) in [7, 11) is 0. The Morgan fingerprint density at radius 3 is 1.94 bits per heavy atom. The maximum atomic E-state index is 4.12. The molecular weight excluding hydrogens is 216 g/mol. The first kappa shape index (κ1) is 14.0. The average molecular weight is 236 g/mol. The smallest absolute Gasteiger partial charge is 0.0109 e. The molecule has 0 radical (unpaired) electrons. The van der Waals surface area contributed by atoms with Crippen molar-refractivity contribution in [1.82, 2.24) is 0 Å². The van der Waals surface area contributed by atoms with Gasteiger partial charge in [0.1, 0.15) is 0 Å². The number of allylic oxidation sites excluding steroid dienone is 6. The molecule has 0 spiro atoms. The fraction of sp³-hybridized carbons (Fsp3) is 0.111. The Kier molecular flexibility index (Phi) is 4.67. The molecule has 0 amide bonds. The minimum Gasteiger partial charge on any atom is -0.0961 e. The van der Waals surface area contributed by atoms with Crippen molar-refractivity contribution >= 4 is 11.1 Å². The van der Waals surface area contributed by atoms with Gasteiger partial charge in [0, 0.05) is 0 Å². The van der Waals surface area contributed by atoms with Crippen LogP contribution in [0.1, 0.15) is 25.0 Å². The van der Waals surface area contributed by atoms with Crippen molar-refractivity contribution in [3.8, 4) is 0 Å². The van der Waals surface area contributed by atoms with Gasteiger partial charge in [0.2, 0.25) is 0 Å². The van der Waals surface area contributed by atoms with Gasteiger partial charge in [-0.3, -0.25) is 0 Å². The maximum Gasteiger partial charge on any atom is -0.0109 e. The molecule has 0 aliphatic heterocycles. The zero-order valence-corrected chi connectivity index (χ0v) is 11.3. The minimum atomic E-state index is 0.895. The van der Waals surface area contributed by atoms with Crippen LogP contribution >= 0.6 is 0 Å². The van der Waals surface area contributed by atoms with Crippen molar-refractivity contribution in [3.05, 3.63) is 85.0 Å². The first-order chi connectivity index (χ1) is 8.43. The van der Waals surface area contributed by atoms with E-state index in [1.165, 1.54) is 0 Å². The van der Waals surface area contributed by atoms with Crippen LogP contribution in [0.4, 0.5) is 0 Å². The second kappa shape index (κ2) is 6.02. The normalized spacial score (nSPS) is 10.3. The van der Waals surface area contributed by atoms with E-state index in [9.17, 15) is 0 Å². The molecule has 0 N–H and O–H groups in total. The van der Waals surface area contributed by atoms with Crippen molar-refractivity contribution in [1.29, 1.82) is 0 Å². The minimum absolute atomic E-state index is 0.895. The highest BCUT2D eigenvalue weighted by molar-refractivity contribution is 5.86. The Balaban J connectivity index is 3.08. The van der Waals surface area contributed by atoms with Gasteiger partial charge in [0.05, 0.1) is 0 Å². The van der Waals surface area contributed by atoms with Crippen molar-refractivity contribution in [2.45, 2.75) is 13.8 Å². The summed E-state index contributed by atoms with van der Waals surface area (Å²) >= 11 is 0. The highest BCUT2D eigenvalue weighted by Crippen LogP contribution is 2.28. The van der Waals surface area contributed by atoms with Crippen LogP contribution in [0.5, 0.6) is 0 Å². The first-order valence-corrected chi connectivity index (χ1v) is 5.90. The molecule has 0 nitrogen and oxygen atoms in total. The molecule has 1 aromatic carbocycles. The van der Waals surface area contributed by atoms with Crippen molar-refractivity contribution in [3.63, 3.8) is 0 Å². The quantitative estimate of drug-likeness (QED) is 0.599. The molecule has 0 heterocycles. The third kappa shape index (κ3) is 3.46. The van der Waals surface area contributed by atoms with E-state index in [4.69, 9.17) is 0 Å². The van der Waals surface area contributed by atoms with Crippen molar-refractivity contribution in [2.75, 3.05) is 0 Å². The summed E-state index contributed by atoms with van der Waals surface area (Å²) in [6.07, 6.45) is 3.89. The van der Waals surface area contributed by atoms with E-state index in [2.05, 4.69) is 32.4 Å². The number of rotatable bonds is 5. The molecule has 1 aromatic rings. The van der Waals surface area contributed by atoms with Gasteiger partial charge in [-0.2, -0.15) is 0 Å². The van der Waals surface area contributed by atoms with E-state index in [1.807, 2.05) is 44.2 Å². The third-order valence-electron chi connectivity index (χ3n) is 2.67. The lowest BCUT2D eigenvalue weighted by Crippen LogP contribution is -1.91. The van der Waals surface area contributed by atoms with Gasteiger partial charge in [0.25, 0.3) is 0 Å². The lowest BCUT2D eigenvalue weighted by molar-refractivity contribution is 1.50. The van der Waals surface area contributed by atoms with Crippen LogP contribution in [0.3, 0.4) is 0 Å². The topological polar surface area (TPSA) is 0 Å². The summed E-state index contributed by atoms with van der Waals surface area (Å²) in [5, 5.41) is 0. The Morgan fingerprint density at radius 2 is 1.44 bits per heavy atom. The van der Waals surface area contributed by atoms with Crippen LogP contribution in [-0.2, 0) is 0 Å². The fourth-order valence-corrected chi connectivity index (χ4v) is 1.63. The standard InChI is InChI=1S/C18H20/c1-13(2)11-12-15(5)16(6)18-10-8-7-9-17(18)14(3)4/h7-12H,1,3,5-6H2,2,4H3/b12-11-. The molecule has 0 heteroatoms. The van der Waals surface area contributed by atoms with Gasteiger partial charge >= 0.3 is 0 Å². The molecule has 0 saturated heterocycles. The largest absolute Gasteiger partial charge is 0.0961 e. The molecule has 92 valence electrons. The van der Waals surface area contributed by atoms with E-state index in [-0.39, 0.29) is 0 Å². The number of hydrogen-bond acceptors (Lipinski definition) is 0. The fourth-order valence-electron chi connectivity index (χ4n) is 1.63. The second-order valence-electron chi connectivity index (χ2n) is 4.51. The van der Waals surface area contributed by atoms with Crippen LogP contribution in [0.25, 0.3) is 11.1 Å². The predicted octanol–water partition coefficient (Wildman–Crippen LogP) is 5.42. The van der Waals surface area contributed by atoms with Crippen LogP contribution in [0.15, 0.2) is 73.9 Å². The molecule has 0 aromatic heterocycles. The molecule has 0 atom stereocenters. The molecular formula is C18H20. The van der Waals surface area contributed by atoms with Gasteiger partial charge in [0.15, 0.2) is 0 Å². The maximum absolute atomic E-state index is 4.12. The summed E-state index contributed by atoms with van der Waals surface area (Å²) in [6.45, 7) is 20.0. The molecule has 0 fully saturated rings. The average Bonchev–Trinajstić information content (AvgIpc) is 2.34. The summed E-state index contributed by atoms with van der Waals surface area (Å²) in [5.74, 6) is 0. The lowest BCUT2D eigenvalue weighted by atomic mass is 9.92. The van der Waals surface area contributed by atoms with Gasteiger partial charge in [-0.1, -0.05) is 73.9 Å². The Bertz CT molecular complexity index is 539. The summed E-state index contributed by atoms with van der Waals surface area (Å²) in [5.41, 5.74) is 6.05. The molecule has 0 aliphatic rings. The first-order valence-electron chi connectivity index (χ1n) is 5.90. The highest BCUT2D eigenvalue weighted by Gasteiger charge is 2.07. The molecule has 0 aliphatic carbocycles. The zero-order valence-electron chi connectivity index (χ0n) is 11.3. The van der Waals surface area contributed by atoms with Crippen LogP contribution in [0, 0.1) is 0 Å². The lowest BCUT2D eigenvalue weighted by Gasteiger charge is -2.12. The van der Waals surface area contributed by atoms with Crippen LogP contribution in [0.2, 0.25) is 0 Å². The molecule has 0 unspecified atom stereocenters. The highest BCUT2D eigenvalue weighted by atomic mass is 14.1. The SMILES string of the molecule is C=C(C)/C=C\C(=C)C(=C)c1ccccc1C(=C)C. The molecule has 0 bridgehead atoms. The Hall–Kier alpha value is -2.08. The predicted molar refractivity (Wildman–Crippen MR) is 83.3 cm³/mol. The van der Waals surface area contributed by atoms with Crippen molar-refractivity contribution in [2.24, 2.45) is 0 Å². The van der Waals surface area contributed by atoms with E-state index in [1.54, 1.807) is 0 Å². The third-order valence-corrected chi connectivity index (χ3v) is 2.67. The van der Waals surface area contributed by atoms with E-state index in [0.717, 1.165) is 33.4 Å². The van der Waals surface area contributed by atoms with Gasteiger partial charge in [-0.25, -0.2) is 0 Å². The van der Waals surface area contributed by atoms with E-state index < -0.39 is 0 Å². The molecule has 18 heavy (non-hydrogen) atoms. The van der Waals surface area contributed by atoms with E-state index >= 15 is 0 Å². The monoisotopic (exact) mass is 236 g/mol. The Morgan fingerprint density at radius 1 is 0.889 bits per heavy atom. The summed E-state index contributed by atoms with van der Waals surface area (Å²) in [6, 6.07) is 8.11. The molecule has 0 saturated carbocycles. The van der Waals surface area contributed by atoms with Crippen LogP contribution < -0.4 is 0 Å². The number of benzene rings is 1. The Labute approximate surface area is 110 Å².